The molecule has 0 aromatic heterocycles. The number of ether oxygens (including phenoxy) is 2. The van der Waals surface area contributed by atoms with E-state index in [0.29, 0.717) is 25.9 Å². The molecule has 1 aromatic rings. The number of amides is 2. The maximum absolute atomic E-state index is 12.8. The van der Waals surface area contributed by atoms with Crippen LogP contribution < -0.4 is 10.6 Å². The average Bonchev–Trinajstić information content (AvgIpc) is 3.06. The van der Waals surface area contributed by atoms with Crippen molar-refractivity contribution in [1.82, 2.24) is 15.5 Å². The molecule has 146 valence electrons. The minimum atomic E-state index is -0.624. The van der Waals surface area contributed by atoms with Crippen LogP contribution in [0.4, 0.5) is 4.79 Å². The molecule has 0 aliphatic carbocycles. The number of nitrogens with zero attached hydrogens (tertiary/aromatic N) is 1. The smallest absolute Gasteiger partial charge is 0.408 e. The summed E-state index contributed by atoms with van der Waals surface area (Å²) in [7, 11) is 1.35. The molecule has 2 saturated heterocycles. The summed E-state index contributed by atoms with van der Waals surface area (Å²) in [6.07, 6.45) is 0.558. The summed E-state index contributed by atoms with van der Waals surface area (Å²) in [4.78, 5) is 38.5. The third kappa shape index (κ3) is 4.57. The number of carbonyl (C=O) groups is 3. The fourth-order valence-electron chi connectivity index (χ4n) is 3.68. The summed E-state index contributed by atoms with van der Waals surface area (Å²) in [6.45, 7) is 1.87. The Kier molecular flexibility index (Phi) is 6.28. The lowest BCUT2D eigenvalue weighted by Gasteiger charge is -2.36. The Labute approximate surface area is 158 Å². The van der Waals surface area contributed by atoms with E-state index in [2.05, 4.69) is 10.6 Å². The van der Waals surface area contributed by atoms with Gasteiger partial charge in [0.05, 0.1) is 13.0 Å². The number of nitrogens with one attached hydrogen (secondary N) is 2. The Bertz CT molecular complexity index is 681. The number of esters is 1. The van der Waals surface area contributed by atoms with Crippen molar-refractivity contribution in [1.29, 1.82) is 0 Å². The van der Waals surface area contributed by atoms with Gasteiger partial charge in [-0.25, -0.2) is 4.79 Å². The third-order valence-corrected chi connectivity index (χ3v) is 5.09. The summed E-state index contributed by atoms with van der Waals surface area (Å²) < 4.78 is 10.1. The maximum atomic E-state index is 12.8. The Balaban J connectivity index is 1.54. The molecule has 0 unspecified atom stereocenters. The zero-order chi connectivity index (χ0) is 19.2. The van der Waals surface area contributed by atoms with Crippen molar-refractivity contribution >= 4 is 18.0 Å². The number of hydrogen-bond acceptors (Lipinski definition) is 6. The molecule has 2 heterocycles. The lowest BCUT2D eigenvalue weighted by molar-refractivity contribution is -0.150. The van der Waals surface area contributed by atoms with Gasteiger partial charge in [-0.3, -0.25) is 9.59 Å². The van der Waals surface area contributed by atoms with E-state index in [0.717, 1.165) is 12.1 Å². The summed E-state index contributed by atoms with van der Waals surface area (Å²) in [5, 5.41) is 5.81. The van der Waals surface area contributed by atoms with Crippen molar-refractivity contribution in [3.05, 3.63) is 35.9 Å². The van der Waals surface area contributed by atoms with Gasteiger partial charge in [0.15, 0.2) is 0 Å². The van der Waals surface area contributed by atoms with Crippen LogP contribution in [0.1, 0.15) is 18.4 Å². The molecule has 2 aliphatic rings. The Hall–Kier alpha value is -2.61. The van der Waals surface area contributed by atoms with Crippen LogP contribution in [0.3, 0.4) is 0 Å². The molecule has 2 amide bonds. The largest absolute Gasteiger partial charge is 0.469 e. The van der Waals surface area contributed by atoms with Crippen LogP contribution in [-0.4, -0.2) is 61.7 Å². The van der Waals surface area contributed by atoms with Gasteiger partial charge in [0.1, 0.15) is 12.6 Å². The lowest BCUT2D eigenvalue weighted by atomic mass is 9.92. The first-order chi connectivity index (χ1) is 13.1. The van der Waals surface area contributed by atoms with Gasteiger partial charge in [0.25, 0.3) is 0 Å². The zero-order valence-corrected chi connectivity index (χ0v) is 15.3. The van der Waals surface area contributed by atoms with Crippen molar-refractivity contribution in [2.75, 3.05) is 26.7 Å². The van der Waals surface area contributed by atoms with Gasteiger partial charge in [0, 0.05) is 19.1 Å². The number of benzene rings is 1. The lowest BCUT2D eigenvalue weighted by Crippen LogP contribution is -2.54. The molecular formula is C19H25N3O5. The van der Waals surface area contributed by atoms with E-state index in [9.17, 15) is 14.4 Å². The van der Waals surface area contributed by atoms with Crippen molar-refractivity contribution in [3.8, 4) is 0 Å². The second kappa shape index (κ2) is 8.85. The van der Waals surface area contributed by atoms with E-state index in [1.807, 2.05) is 30.3 Å². The van der Waals surface area contributed by atoms with Crippen molar-refractivity contribution in [3.63, 3.8) is 0 Å². The molecule has 2 N–H and O–H groups in total. The summed E-state index contributed by atoms with van der Waals surface area (Å²) in [5.74, 6) is -0.886. The Morgan fingerprint density at radius 2 is 2.04 bits per heavy atom. The Morgan fingerprint density at radius 1 is 1.26 bits per heavy atom. The summed E-state index contributed by atoms with van der Waals surface area (Å²) in [5.41, 5.74) is 0.877. The molecule has 1 aromatic carbocycles. The standard InChI is InChI=1S/C19H25N3O5/c1-26-18(24)14-11-20-9-7-16(14)22-10-8-15(17(22)23)21-19(25)27-12-13-5-3-2-4-6-13/h2-6,14-16,20H,7-12H2,1H3,(H,21,25)/t14-,15+,16+/m1/s1. The number of hydrogen-bond donors (Lipinski definition) is 2. The van der Waals surface area contributed by atoms with E-state index in [-0.39, 0.29) is 24.5 Å². The predicted octanol–water partition coefficient (Wildman–Crippen LogP) is 0.665. The summed E-state index contributed by atoms with van der Waals surface area (Å²) >= 11 is 0. The van der Waals surface area contributed by atoms with Gasteiger partial charge >= 0.3 is 12.1 Å². The van der Waals surface area contributed by atoms with Gasteiger partial charge in [-0.15, -0.1) is 0 Å². The van der Waals surface area contributed by atoms with E-state index in [1.54, 1.807) is 4.90 Å². The first kappa shape index (κ1) is 19.2. The molecule has 3 rings (SSSR count). The molecule has 3 atom stereocenters. The highest BCUT2D eigenvalue weighted by molar-refractivity contribution is 5.88. The average molecular weight is 375 g/mol. The number of piperidine rings is 1. The van der Waals surface area contributed by atoms with E-state index >= 15 is 0 Å². The van der Waals surface area contributed by atoms with Crippen LogP contribution in [0.25, 0.3) is 0 Å². The molecule has 0 radical (unpaired) electrons. The number of alkyl carbamates (subject to hydrolysis) is 1. The maximum Gasteiger partial charge on any atom is 0.408 e. The highest BCUT2D eigenvalue weighted by atomic mass is 16.5. The van der Waals surface area contributed by atoms with Gasteiger partial charge in [-0.1, -0.05) is 30.3 Å². The van der Waals surface area contributed by atoms with Crippen LogP contribution in [0.2, 0.25) is 0 Å². The van der Waals surface area contributed by atoms with E-state index < -0.39 is 18.1 Å². The molecule has 0 bridgehead atoms. The van der Waals surface area contributed by atoms with Gasteiger partial charge in [0.2, 0.25) is 5.91 Å². The molecule has 0 saturated carbocycles. The number of rotatable bonds is 5. The third-order valence-electron chi connectivity index (χ3n) is 5.09. The zero-order valence-electron chi connectivity index (χ0n) is 15.3. The van der Waals surface area contributed by atoms with Crippen LogP contribution in [0.15, 0.2) is 30.3 Å². The molecule has 2 aliphatic heterocycles. The van der Waals surface area contributed by atoms with Crippen LogP contribution in [0.5, 0.6) is 0 Å². The Morgan fingerprint density at radius 3 is 2.78 bits per heavy atom. The molecule has 2 fully saturated rings. The number of likely N-dealkylation sites (tertiary alicyclic amines) is 1. The van der Waals surface area contributed by atoms with Gasteiger partial charge < -0.3 is 25.0 Å². The minimum absolute atomic E-state index is 0.149. The summed E-state index contributed by atoms with van der Waals surface area (Å²) in [6, 6.07) is 8.51. The molecule has 0 spiro atoms. The second-order valence-corrected chi connectivity index (χ2v) is 6.77. The normalized spacial score (nSPS) is 25.1. The monoisotopic (exact) mass is 375 g/mol. The van der Waals surface area contributed by atoms with Crippen LogP contribution in [-0.2, 0) is 25.7 Å². The first-order valence-corrected chi connectivity index (χ1v) is 9.16. The number of carbonyl (C=O) groups excluding carboxylic acids is 3. The van der Waals surface area contributed by atoms with Gasteiger partial charge in [-0.05, 0) is 24.9 Å². The van der Waals surface area contributed by atoms with Crippen LogP contribution >= 0.6 is 0 Å². The molecular weight excluding hydrogens is 350 g/mol. The highest BCUT2D eigenvalue weighted by Gasteiger charge is 2.43. The topological polar surface area (TPSA) is 97.0 Å². The fourth-order valence-corrected chi connectivity index (χ4v) is 3.68. The number of methoxy groups -OCH3 is 1. The minimum Gasteiger partial charge on any atom is -0.469 e. The molecule has 8 heteroatoms. The van der Waals surface area contributed by atoms with E-state index in [4.69, 9.17) is 9.47 Å². The fraction of sp³-hybridized carbons (Fsp3) is 0.526. The van der Waals surface area contributed by atoms with Crippen molar-refractivity contribution in [2.24, 2.45) is 5.92 Å². The SMILES string of the molecule is COC(=O)[C@@H]1CNCC[C@@H]1N1CC[C@H](NC(=O)OCc2ccccc2)C1=O. The quantitative estimate of drug-likeness (QED) is 0.734. The highest BCUT2D eigenvalue weighted by Crippen LogP contribution is 2.25. The first-order valence-electron chi connectivity index (χ1n) is 9.16. The van der Waals surface area contributed by atoms with Gasteiger partial charge in [-0.2, -0.15) is 0 Å². The molecule has 8 nitrogen and oxygen atoms in total. The van der Waals surface area contributed by atoms with Crippen molar-refractivity contribution in [2.45, 2.75) is 31.5 Å². The predicted molar refractivity (Wildman–Crippen MR) is 96.7 cm³/mol. The second-order valence-electron chi connectivity index (χ2n) is 6.77. The molecule has 27 heavy (non-hydrogen) atoms. The van der Waals surface area contributed by atoms with Crippen molar-refractivity contribution < 1.29 is 23.9 Å². The van der Waals surface area contributed by atoms with Crippen LogP contribution in [0, 0.1) is 5.92 Å². The van der Waals surface area contributed by atoms with E-state index in [1.165, 1.54) is 7.11 Å².